The number of hydrogen-bond donors (Lipinski definition) is 1. The van der Waals surface area contributed by atoms with Crippen molar-refractivity contribution in [3.63, 3.8) is 0 Å². The minimum atomic E-state index is -3.64. The van der Waals surface area contributed by atoms with E-state index in [1.54, 1.807) is 0 Å². The van der Waals surface area contributed by atoms with E-state index in [2.05, 4.69) is 5.32 Å². The van der Waals surface area contributed by atoms with Crippen molar-refractivity contribution >= 4 is 44.8 Å². The molecule has 0 heterocycles. The lowest BCUT2D eigenvalue weighted by atomic mass is 10.2. The number of nitrogens with zero attached hydrogens (tertiary/aromatic N) is 1. The van der Waals surface area contributed by atoms with Crippen LogP contribution in [0.1, 0.15) is 26.7 Å². The zero-order valence-corrected chi connectivity index (χ0v) is 15.1. The van der Waals surface area contributed by atoms with Crippen LogP contribution in [-0.4, -0.2) is 33.2 Å². The van der Waals surface area contributed by atoms with Gasteiger partial charge in [0.2, 0.25) is 15.9 Å². The number of halogens is 2. The van der Waals surface area contributed by atoms with Gasteiger partial charge in [-0.25, -0.2) is 8.42 Å². The second kappa shape index (κ2) is 8.04. The molecule has 124 valence electrons. The molecular weight excluding hydrogens is 347 g/mol. The summed E-state index contributed by atoms with van der Waals surface area (Å²) in [5.74, 6) is -0.373. The van der Waals surface area contributed by atoms with E-state index in [1.807, 2.05) is 13.8 Å². The summed E-state index contributed by atoms with van der Waals surface area (Å²) in [5.41, 5.74) is 0.262. The number of rotatable bonds is 7. The smallest absolute Gasteiger partial charge is 0.240 e. The van der Waals surface area contributed by atoms with Crippen molar-refractivity contribution in [3.05, 3.63) is 28.2 Å². The Hall–Kier alpha value is -0.980. The minimum Gasteiger partial charge on any atom is -0.352 e. The number of carbonyl (C=O) groups is 1. The molecule has 0 aliphatic rings. The number of carbonyl (C=O) groups excluding carboxylic acids is 1. The highest BCUT2D eigenvalue weighted by molar-refractivity contribution is 7.92. The average Bonchev–Trinajstić information content (AvgIpc) is 2.33. The molecule has 0 fully saturated rings. The fourth-order valence-corrected chi connectivity index (χ4v) is 3.39. The topological polar surface area (TPSA) is 66.5 Å². The van der Waals surface area contributed by atoms with E-state index >= 15 is 0 Å². The Morgan fingerprint density at radius 2 is 1.82 bits per heavy atom. The molecule has 8 heteroatoms. The molecule has 0 radical (unpaired) electrons. The van der Waals surface area contributed by atoms with E-state index in [4.69, 9.17) is 23.2 Å². The molecule has 1 rings (SSSR count). The zero-order valence-electron chi connectivity index (χ0n) is 12.8. The van der Waals surface area contributed by atoms with E-state index in [9.17, 15) is 13.2 Å². The second-order valence-electron chi connectivity index (χ2n) is 5.15. The minimum absolute atomic E-state index is 0.0122. The molecule has 0 bridgehead atoms. The van der Waals surface area contributed by atoms with Crippen LogP contribution in [0, 0.1) is 0 Å². The first kappa shape index (κ1) is 19.1. The van der Waals surface area contributed by atoms with Crippen LogP contribution in [0.25, 0.3) is 0 Å². The van der Waals surface area contributed by atoms with Crippen LogP contribution in [-0.2, 0) is 14.8 Å². The van der Waals surface area contributed by atoms with Gasteiger partial charge in [0.25, 0.3) is 0 Å². The molecule has 0 saturated heterocycles. The van der Waals surface area contributed by atoms with Crippen molar-refractivity contribution < 1.29 is 13.2 Å². The Morgan fingerprint density at radius 3 is 2.27 bits per heavy atom. The highest BCUT2D eigenvalue weighted by atomic mass is 35.5. The molecule has 1 aromatic rings. The maximum atomic E-state index is 12.0. The van der Waals surface area contributed by atoms with Crippen LogP contribution in [0.5, 0.6) is 0 Å². The van der Waals surface area contributed by atoms with Gasteiger partial charge in [0.15, 0.2) is 0 Å². The first-order valence-electron chi connectivity index (χ1n) is 6.86. The molecule has 0 saturated carbocycles. The van der Waals surface area contributed by atoms with Crippen LogP contribution in [0.3, 0.4) is 0 Å². The molecule has 0 unspecified atom stereocenters. The molecule has 0 aliphatic heterocycles. The Morgan fingerprint density at radius 1 is 1.27 bits per heavy atom. The van der Waals surface area contributed by atoms with Gasteiger partial charge in [-0.1, -0.05) is 36.5 Å². The Labute approximate surface area is 141 Å². The number of benzene rings is 1. The zero-order chi connectivity index (χ0) is 16.9. The van der Waals surface area contributed by atoms with Crippen LogP contribution >= 0.6 is 23.2 Å². The van der Waals surface area contributed by atoms with Gasteiger partial charge in [-0.2, -0.15) is 0 Å². The molecular formula is C14H20Cl2N2O3S. The molecule has 0 aliphatic carbocycles. The maximum absolute atomic E-state index is 12.0. The summed E-state index contributed by atoms with van der Waals surface area (Å²) < 4.78 is 24.9. The molecule has 1 amide bonds. The molecule has 1 N–H and O–H groups in total. The van der Waals surface area contributed by atoms with Crippen LogP contribution in [0.2, 0.25) is 10.0 Å². The van der Waals surface area contributed by atoms with Crippen LogP contribution in [0.4, 0.5) is 5.69 Å². The third kappa shape index (κ3) is 6.02. The number of amides is 1. The number of anilines is 1. The lowest BCUT2D eigenvalue weighted by molar-refractivity contribution is -0.120. The van der Waals surface area contributed by atoms with Crippen molar-refractivity contribution in [1.29, 1.82) is 0 Å². The maximum Gasteiger partial charge on any atom is 0.240 e. The third-order valence-electron chi connectivity index (χ3n) is 2.95. The highest BCUT2D eigenvalue weighted by Crippen LogP contribution is 2.26. The summed E-state index contributed by atoms with van der Waals surface area (Å²) >= 11 is 11.8. The molecule has 0 spiro atoms. The number of hydrogen-bond acceptors (Lipinski definition) is 3. The standard InChI is InChI=1S/C14H20Cl2N2O3S/c1-4-5-10(2)17-14(19)9-18(22(3,20)21)13-7-11(15)6-12(16)8-13/h6-8,10H,4-5,9H2,1-3H3,(H,17,19)/t10-/m0/s1. The van der Waals surface area contributed by atoms with Crippen molar-refractivity contribution in [1.82, 2.24) is 5.32 Å². The van der Waals surface area contributed by atoms with Gasteiger partial charge in [-0.15, -0.1) is 0 Å². The summed E-state index contributed by atoms with van der Waals surface area (Å²) in [6, 6.07) is 4.40. The van der Waals surface area contributed by atoms with Crippen molar-refractivity contribution in [2.75, 3.05) is 17.1 Å². The Kier molecular flexibility index (Phi) is 6.97. The quantitative estimate of drug-likeness (QED) is 0.806. The summed E-state index contributed by atoms with van der Waals surface area (Å²) in [4.78, 5) is 12.0. The first-order valence-corrected chi connectivity index (χ1v) is 9.47. The fraction of sp³-hybridized carbons (Fsp3) is 0.500. The van der Waals surface area contributed by atoms with Gasteiger partial charge in [-0.05, 0) is 31.5 Å². The average molecular weight is 367 g/mol. The van der Waals surface area contributed by atoms with Crippen molar-refractivity contribution in [3.8, 4) is 0 Å². The van der Waals surface area contributed by atoms with Gasteiger partial charge in [0.05, 0.1) is 11.9 Å². The Bertz CT molecular complexity index is 615. The van der Waals surface area contributed by atoms with E-state index in [0.29, 0.717) is 10.0 Å². The van der Waals surface area contributed by atoms with Gasteiger partial charge in [0, 0.05) is 16.1 Å². The first-order chi connectivity index (χ1) is 10.1. The van der Waals surface area contributed by atoms with Crippen molar-refractivity contribution in [2.24, 2.45) is 0 Å². The van der Waals surface area contributed by atoms with Gasteiger partial charge < -0.3 is 5.32 Å². The summed E-state index contributed by atoms with van der Waals surface area (Å²) in [5, 5.41) is 3.37. The van der Waals surface area contributed by atoms with Gasteiger partial charge in [-0.3, -0.25) is 9.10 Å². The lowest BCUT2D eigenvalue weighted by Crippen LogP contribution is -2.43. The predicted octanol–water partition coefficient (Wildman–Crippen LogP) is 3.06. The number of nitrogens with one attached hydrogen (secondary N) is 1. The Balaban J connectivity index is 2.98. The van der Waals surface area contributed by atoms with E-state index in [-0.39, 0.29) is 24.2 Å². The van der Waals surface area contributed by atoms with Crippen molar-refractivity contribution in [2.45, 2.75) is 32.7 Å². The predicted molar refractivity (Wildman–Crippen MR) is 91.2 cm³/mol. The molecule has 1 aromatic carbocycles. The normalized spacial score (nSPS) is 12.8. The fourth-order valence-electron chi connectivity index (χ4n) is 2.04. The lowest BCUT2D eigenvalue weighted by Gasteiger charge is -2.23. The molecule has 5 nitrogen and oxygen atoms in total. The summed E-state index contributed by atoms with van der Waals surface area (Å²) in [6.45, 7) is 3.57. The molecule has 22 heavy (non-hydrogen) atoms. The van der Waals surface area contributed by atoms with E-state index in [1.165, 1.54) is 18.2 Å². The van der Waals surface area contributed by atoms with Gasteiger partial charge >= 0.3 is 0 Å². The van der Waals surface area contributed by atoms with E-state index < -0.39 is 10.0 Å². The summed E-state index contributed by atoms with van der Waals surface area (Å²) in [7, 11) is -3.64. The monoisotopic (exact) mass is 366 g/mol. The SMILES string of the molecule is CCC[C@H](C)NC(=O)CN(c1cc(Cl)cc(Cl)c1)S(C)(=O)=O. The molecule has 1 atom stereocenters. The van der Waals surface area contributed by atoms with Crippen LogP contribution < -0.4 is 9.62 Å². The largest absolute Gasteiger partial charge is 0.352 e. The van der Waals surface area contributed by atoms with E-state index in [0.717, 1.165) is 23.4 Å². The number of sulfonamides is 1. The third-order valence-corrected chi connectivity index (χ3v) is 4.53. The second-order valence-corrected chi connectivity index (χ2v) is 7.93. The summed E-state index contributed by atoms with van der Waals surface area (Å²) in [6.07, 6.45) is 2.79. The highest BCUT2D eigenvalue weighted by Gasteiger charge is 2.22. The van der Waals surface area contributed by atoms with Gasteiger partial charge in [0.1, 0.15) is 6.54 Å². The van der Waals surface area contributed by atoms with Crippen LogP contribution in [0.15, 0.2) is 18.2 Å². The molecule has 0 aromatic heterocycles.